The number of halogens is 1. The van der Waals surface area contributed by atoms with Gasteiger partial charge in [0.1, 0.15) is 11.6 Å². The average molecular weight is 468 g/mol. The Hall–Kier alpha value is -3.49. The number of nitrogens with zero attached hydrogens (tertiary/aromatic N) is 5. The van der Waals surface area contributed by atoms with Gasteiger partial charge in [0, 0.05) is 38.0 Å². The minimum Gasteiger partial charge on any atom is -0.469 e. The van der Waals surface area contributed by atoms with Crippen LogP contribution in [0.2, 0.25) is 0 Å². The van der Waals surface area contributed by atoms with E-state index in [1.54, 1.807) is 25.1 Å². The fourth-order valence-electron chi connectivity index (χ4n) is 4.16. The summed E-state index contributed by atoms with van der Waals surface area (Å²) in [5.74, 6) is 0.781. The van der Waals surface area contributed by atoms with Gasteiger partial charge in [-0.15, -0.1) is 5.10 Å². The Kier molecular flexibility index (Phi) is 6.29. The van der Waals surface area contributed by atoms with Crippen LogP contribution in [0.25, 0.3) is 0 Å². The number of aromatic nitrogens is 3. The normalized spacial score (nSPS) is 16.2. The van der Waals surface area contributed by atoms with E-state index in [9.17, 15) is 14.0 Å². The lowest BCUT2D eigenvalue weighted by molar-refractivity contribution is -0.138. The molecule has 3 aromatic rings. The van der Waals surface area contributed by atoms with Crippen molar-refractivity contribution in [2.24, 2.45) is 5.41 Å². The number of rotatable bonds is 5. The van der Waals surface area contributed by atoms with Gasteiger partial charge in [-0.25, -0.2) is 4.39 Å². The van der Waals surface area contributed by atoms with Crippen LogP contribution in [0.15, 0.2) is 41.0 Å². The van der Waals surface area contributed by atoms with E-state index in [2.05, 4.69) is 5.10 Å². The van der Waals surface area contributed by atoms with E-state index in [1.165, 1.54) is 23.1 Å². The maximum atomic E-state index is 13.3. The zero-order valence-electron chi connectivity index (χ0n) is 20.2. The Morgan fingerprint density at radius 1 is 1.21 bits per heavy atom. The van der Waals surface area contributed by atoms with E-state index in [0.29, 0.717) is 42.7 Å². The van der Waals surface area contributed by atoms with Gasteiger partial charge in [0.25, 0.3) is 5.91 Å². The molecule has 0 aliphatic carbocycles. The molecular formula is C25H30FN5O3. The largest absolute Gasteiger partial charge is 0.469 e. The number of hydrogen-bond acceptors (Lipinski definition) is 6. The molecular weight excluding hydrogens is 437 g/mol. The first-order valence-corrected chi connectivity index (χ1v) is 11.4. The number of amides is 1. The fraction of sp³-hybridized carbons (Fsp3) is 0.440. The van der Waals surface area contributed by atoms with Crippen molar-refractivity contribution in [3.8, 4) is 0 Å². The molecule has 3 heterocycles. The summed E-state index contributed by atoms with van der Waals surface area (Å²) in [6.45, 7) is 9.00. The summed E-state index contributed by atoms with van der Waals surface area (Å²) in [6.07, 6.45) is 2.20. The molecule has 0 spiro atoms. The number of benzene rings is 1. The van der Waals surface area contributed by atoms with Crippen molar-refractivity contribution in [1.29, 1.82) is 0 Å². The summed E-state index contributed by atoms with van der Waals surface area (Å²) >= 11 is 0. The third-order valence-corrected chi connectivity index (χ3v) is 6.04. The third-order valence-electron chi connectivity index (χ3n) is 6.04. The Morgan fingerprint density at radius 2 is 1.91 bits per heavy atom. The highest BCUT2D eigenvalue weighted by molar-refractivity contribution is 5.97. The zero-order chi connectivity index (χ0) is 24.6. The molecule has 0 radical (unpaired) electrons. The summed E-state index contributed by atoms with van der Waals surface area (Å²) in [7, 11) is 1.81. The summed E-state index contributed by atoms with van der Waals surface area (Å²) in [4.78, 5) is 34.5. The van der Waals surface area contributed by atoms with Crippen LogP contribution in [0.5, 0.6) is 0 Å². The van der Waals surface area contributed by atoms with Crippen molar-refractivity contribution >= 4 is 17.8 Å². The molecule has 1 amide bonds. The standard InChI is InChI=1S/C25H30FN5O3/c1-16-20(11-13-34-16)22(32)31-24(29(5)14-17-6-8-19(26)9-7-17)27-21(28-31)18-10-12-30(15-18)23(33)25(2,3)4/h6-9,11,13,18H,10,12,14-15H2,1-5H3. The first-order chi connectivity index (χ1) is 16.0. The van der Waals surface area contributed by atoms with Crippen molar-refractivity contribution < 1.29 is 18.4 Å². The number of furan rings is 1. The molecule has 34 heavy (non-hydrogen) atoms. The van der Waals surface area contributed by atoms with E-state index in [-0.39, 0.29) is 23.5 Å². The van der Waals surface area contributed by atoms with E-state index in [4.69, 9.17) is 9.40 Å². The van der Waals surface area contributed by atoms with Crippen LogP contribution in [0.4, 0.5) is 10.3 Å². The topological polar surface area (TPSA) is 84.5 Å². The Balaban J connectivity index is 1.64. The highest BCUT2D eigenvalue weighted by Crippen LogP contribution is 2.30. The van der Waals surface area contributed by atoms with Gasteiger partial charge < -0.3 is 14.2 Å². The van der Waals surface area contributed by atoms with Gasteiger partial charge in [-0.05, 0) is 37.1 Å². The van der Waals surface area contributed by atoms with Crippen molar-refractivity contribution in [1.82, 2.24) is 19.7 Å². The van der Waals surface area contributed by atoms with Crippen molar-refractivity contribution in [2.45, 2.75) is 46.6 Å². The molecule has 0 N–H and O–H groups in total. The zero-order valence-corrected chi connectivity index (χ0v) is 20.2. The number of anilines is 1. The van der Waals surface area contributed by atoms with Gasteiger partial charge in [0.15, 0.2) is 5.82 Å². The van der Waals surface area contributed by atoms with E-state index in [1.807, 2.05) is 37.6 Å². The highest BCUT2D eigenvalue weighted by atomic mass is 19.1. The van der Waals surface area contributed by atoms with Crippen LogP contribution in [-0.4, -0.2) is 51.6 Å². The van der Waals surface area contributed by atoms with Crippen LogP contribution in [0.1, 0.15) is 60.6 Å². The van der Waals surface area contributed by atoms with Gasteiger partial charge in [0.05, 0.1) is 11.8 Å². The molecule has 1 aliphatic heterocycles. The van der Waals surface area contributed by atoms with E-state index < -0.39 is 5.41 Å². The summed E-state index contributed by atoms with van der Waals surface area (Å²) < 4.78 is 19.9. The second-order valence-electron chi connectivity index (χ2n) is 9.85. The second kappa shape index (κ2) is 9.04. The first-order valence-electron chi connectivity index (χ1n) is 11.4. The predicted molar refractivity (Wildman–Crippen MR) is 125 cm³/mol. The van der Waals surface area contributed by atoms with Crippen molar-refractivity contribution in [3.63, 3.8) is 0 Å². The minimum absolute atomic E-state index is 0.0660. The molecule has 1 fully saturated rings. The molecule has 2 aromatic heterocycles. The first kappa shape index (κ1) is 23.7. The summed E-state index contributed by atoms with van der Waals surface area (Å²) in [6, 6.07) is 7.81. The molecule has 0 bridgehead atoms. The molecule has 1 aromatic carbocycles. The number of hydrogen-bond donors (Lipinski definition) is 0. The number of carbonyl (C=O) groups excluding carboxylic acids is 2. The van der Waals surface area contributed by atoms with Gasteiger partial charge in [-0.3, -0.25) is 9.59 Å². The van der Waals surface area contributed by atoms with Crippen molar-refractivity contribution in [2.75, 3.05) is 25.0 Å². The van der Waals surface area contributed by atoms with Crippen LogP contribution in [-0.2, 0) is 11.3 Å². The number of aryl methyl sites for hydroxylation is 1. The van der Waals surface area contributed by atoms with Gasteiger partial charge in [0.2, 0.25) is 11.9 Å². The fourth-order valence-corrected chi connectivity index (χ4v) is 4.16. The Labute approximate surface area is 198 Å². The number of carbonyl (C=O) groups is 2. The smallest absolute Gasteiger partial charge is 0.284 e. The molecule has 4 rings (SSSR count). The average Bonchev–Trinajstić information content (AvgIpc) is 3.52. The molecule has 1 atom stereocenters. The Morgan fingerprint density at radius 3 is 2.53 bits per heavy atom. The SMILES string of the molecule is Cc1occc1C(=O)n1nc(C2CCN(C(=O)C(C)(C)C)C2)nc1N(C)Cc1ccc(F)cc1. The lowest BCUT2D eigenvalue weighted by Gasteiger charge is -2.25. The van der Waals surface area contributed by atoms with Gasteiger partial charge in [-0.1, -0.05) is 32.9 Å². The predicted octanol–water partition coefficient (Wildman–Crippen LogP) is 4.01. The molecule has 180 valence electrons. The molecule has 0 saturated carbocycles. The minimum atomic E-state index is -0.461. The van der Waals surface area contributed by atoms with Crippen LogP contribution in [0.3, 0.4) is 0 Å². The lowest BCUT2D eigenvalue weighted by atomic mass is 9.95. The third kappa shape index (κ3) is 4.73. The Bertz CT molecular complexity index is 1190. The van der Waals surface area contributed by atoms with Gasteiger partial charge >= 0.3 is 0 Å². The monoisotopic (exact) mass is 467 g/mol. The van der Waals surface area contributed by atoms with E-state index in [0.717, 1.165) is 12.0 Å². The molecule has 1 saturated heterocycles. The van der Waals surface area contributed by atoms with Crippen molar-refractivity contribution in [3.05, 3.63) is 65.1 Å². The molecule has 1 aliphatic rings. The van der Waals surface area contributed by atoms with Gasteiger partial charge in [-0.2, -0.15) is 9.67 Å². The van der Waals surface area contributed by atoms with E-state index >= 15 is 0 Å². The summed E-state index contributed by atoms with van der Waals surface area (Å²) in [5, 5.41) is 4.60. The summed E-state index contributed by atoms with van der Waals surface area (Å²) in [5.41, 5.74) is 0.815. The highest BCUT2D eigenvalue weighted by Gasteiger charge is 2.36. The van der Waals surface area contributed by atoms with Crippen LogP contribution >= 0.6 is 0 Å². The van der Waals surface area contributed by atoms with Crippen LogP contribution < -0.4 is 4.90 Å². The van der Waals surface area contributed by atoms with Crippen LogP contribution in [0, 0.1) is 18.2 Å². The maximum absolute atomic E-state index is 13.3. The lowest BCUT2D eigenvalue weighted by Crippen LogP contribution is -2.37. The number of likely N-dealkylation sites (tertiary alicyclic amines) is 1. The quantitative estimate of drug-likeness (QED) is 0.564. The molecule has 8 nitrogen and oxygen atoms in total. The molecule has 9 heteroatoms. The molecule has 1 unspecified atom stereocenters. The second-order valence-corrected chi connectivity index (χ2v) is 9.85. The maximum Gasteiger partial charge on any atom is 0.284 e.